The number of likely N-dealkylation sites (tertiary alicyclic amines) is 1. The summed E-state index contributed by atoms with van der Waals surface area (Å²) in [6.45, 7) is 10.0. The molecule has 2 saturated heterocycles. The number of carbonyl (C=O) groups is 2. The number of hydrogen-bond acceptors (Lipinski definition) is 3. The molecule has 0 spiro atoms. The Morgan fingerprint density at radius 1 is 0.846 bits per heavy atom. The third kappa shape index (κ3) is 4.79. The number of amides is 2. The van der Waals surface area contributed by atoms with Gasteiger partial charge in [-0.05, 0) is 44.6 Å². The molecule has 0 radical (unpaired) electrons. The Morgan fingerprint density at radius 3 is 2.19 bits per heavy atom. The largest absolute Gasteiger partial charge is 0.338 e. The molecular formula is C21H37N3O2. The first-order chi connectivity index (χ1) is 12.6. The molecule has 1 unspecified atom stereocenters. The predicted molar refractivity (Wildman–Crippen MR) is 104 cm³/mol. The van der Waals surface area contributed by atoms with E-state index in [1.165, 1.54) is 25.7 Å². The Morgan fingerprint density at radius 2 is 1.54 bits per heavy atom. The van der Waals surface area contributed by atoms with Crippen LogP contribution in [0.1, 0.15) is 65.2 Å². The molecule has 0 aromatic heterocycles. The van der Waals surface area contributed by atoms with E-state index in [1.807, 2.05) is 9.80 Å². The highest BCUT2D eigenvalue weighted by Crippen LogP contribution is 2.29. The average Bonchev–Trinajstić information content (AvgIpc) is 3.16. The van der Waals surface area contributed by atoms with Gasteiger partial charge in [0.1, 0.15) is 6.04 Å². The maximum atomic E-state index is 13.1. The van der Waals surface area contributed by atoms with Crippen molar-refractivity contribution in [1.82, 2.24) is 14.7 Å². The number of carbonyl (C=O) groups excluding carboxylic acids is 2. The van der Waals surface area contributed by atoms with E-state index in [1.54, 1.807) is 0 Å². The number of piperazine rings is 1. The molecule has 0 aromatic rings. The molecule has 5 nitrogen and oxygen atoms in total. The second kappa shape index (κ2) is 9.20. The lowest BCUT2D eigenvalue weighted by molar-refractivity contribution is -0.147. The van der Waals surface area contributed by atoms with Crippen LogP contribution in [0.4, 0.5) is 0 Å². The van der Waals surface area contributed by atoms with Gasteiger partial charge in [0, 0.05) is 38.6 Å². The minimum absolute atomic E-state index is 0.171. The maximum absolute atomic E-state index is 13.1. The van der Waals surface area contributed by atoms with Crippen LogP contribution >= 0.6 is 0 Å². The van der Waals surface area contributed by atoms with E-state index >= 15 is 0 Å². The van der Waals surface area contributed by atoms with Gasteiger partial charge in [-0.2, -0.15) is 0 Å². The highest BCUT2D eigenvalue weighted by Gasteiger charge is 2.39. The molecule has 26 heavy (non-hydrogen) atoms. The third-order valence-electron chi connectivity index (χ3n) is 6.48. The Kier molecular flexibility index (Phi) is 6.96. The molecule has 2 amide bonds. The van der Waals surface area contributed by atoms with E-state index in [4.69, 9.17) is 0 Å². The Labute approximate surface area is 159 Å². The van der Waals surface area contributed by atoms with Crippen LogP contribution < -0.4 is 0 Å². The Bertz CT molecular complexity index is 480. The fourth-order valence-corrected chi connectivity index (χ4v) is 4.71. The molecule has 3 aliphatic rings. The second-order valence-electron chi connectivity index (χ2n) is 8.87. The van der Waals surface area contributed by atoms with Crippen LogP contribution in [0.3, 0.4) is 0 Å². The highest BCUT2D eigenvalue weighted by atomic mass is 16.2. The van der Waals surface area contributed by atoms with Gasteiger partial charge in [-0.25, -0.2) is 0 Å². The Balaban J connectivity index is 1.51. The van der Waals surface area contributed by atoms with E-state index in [0.29, 0.717) is 0 Å². The van der Waals surface area contributed by atoms with Crippen LogP contribution in [-0.4, -0.2) is 71.8 Å². The standard InChI is InChI=1S/C21H37N3O2/c1-17(2)10-12-22-13-15-23(16-14-22)21(26)19-9-6-11-24(19)20(25)18-7-4-3-5-8-18/h17-19H,3-16H2,1-2H3. The average molecular weight is 364 g/mol. The highest BCUT2D eigenvalue weighted by molar-refractivity contribution is 5.89. The van der Waals surface area contributed by atoms with Gasteiger partial charge in [-0.3, -0.25) is 14.5 Å². The minimum Gasteiger partial charge on any atom is -0.338 e. The summed E-state index contributed by atoms with van der Waals surface area (Å²) in [6, 6.07) is -0.188. The van der Waals surface area contributed by atoms with Crippen LogP contribution in [0, 0.1) is 11.8 Å². The molecular weight excluding hydrogens is 326 g/mol. The first kappa shape index (κ1) is 19.7. The Hall–Kier alpha value is -1.10. The molecule has 3 rings (SSSR count). The van der Waals surface area contributed by atoms with Gasteiger partial charge in [-0.15, -0.1) is 0 Å². The molecule has 2 heterocycles. The minimum atomic E-state index is -0.188. The van der Waals surface area contributed by atoms with Crippen LogP contribution in [-0.2, 0) is 9.59 Å². The summed E-state index contributed by atoms with van der Waals surface area (Å²) < 4.78 is 0. The lowest BCUT2D eigenvalue weighted by atomic mass is 9.88. The van der Waals surface area contributed by atoms with Gasteiger partial charge in [0.05, 0.1) is 0 Å². The lowest BCUT2D eigenvalue weighted by Crippen LogP contribution is -2.55. The summed E-state index contributed by atoms with van der Waals surface area (Å²) in [5.74, 6) is 1.36. The van der Waals surface area contributed by atoms with Gasteiger partial charge in [0.15, 0.2) is 0 Å². The normalized spacial score (nSPS) is 25.9. The molecule has 0 bridgehead atoms. The van der Waals surface area contributed by atoms with Gasteiger partial charge >= 0.3 is 0 Å². The summed E-state index contributed by atoms with van der Waals surface area (Å²) in [5, 5.41) is 0. The van der Waals surface area contributed by atoms with Gasteiger partial charge in [0.2, 0.25) is 11.8 Å². The van der Waals surface area contributed by atoms with Gasteiger partial charge < -0.3 is 9.80 Å². The zero-order valence-electron chi connectivity index (χ0n) is 16.8. The van der Waals surface area contributed by atoms with E-state index in [9.17, 15) is 9.59 Å². The van der Waals surface area contributed by atoms with Crippen molar-refractivity contribution in [2.45, 2.75) is 71.3 Å². The lowest BCUT2D eigenvalue weighted by Gasteiger charge is -2.38. The van der Waals surface area contributed by atoms with Crippen molar-refractivity contribution >= 4 is 11.8 Å². The molecule has 148 valence electrons. The number of rotatable bonds is 5. The zero-order valence-corrected chi connectivity index (χ0v) is 16.8. The fraction of sp³-hybridized carbons (Fsp3) is 0.905. The number of nitrogens with zero attached hydrogens (tertiary/aromatic N) is 3. The molecule has 1 aliphatic carbocycles. The van der Waals surface area contributed by atoms with Crippen molar-refractivity contribution in [1.29, 1.82) is 0 Å². The summed E-state index contributed by atoms with van der Waals surface area (Å²) >= 11 is 0. The molecule has 1 saturated carbocycles. The van der Waals surface area contributed by atoms with Crippen LogP contribution in [0.15, 0.2) is 0 Å². The first-order valence-corrected chi connectivity index (χ1v) is 10.9. The SMILES string of the molecule is CC(C)CCN1CCN(C(=O)C2CCCN2C(=O)C2CCCCC2)CC1. The monoisotopic (exact) mass is 363 g/mol. The molecule has 2 aliphatic heterocycles. The second-order valence-corrected chi connectivity index (χ2v) is 8.87. The van der Waals surface area contributed by atoms with Crippen LogP contribution in [0.25, 0.3) is 0 Å². The zero-order chi connectivity index (χ0) is 18.5. The van der Waals surface area contributed by atoms with Gasteiger partial charge in [-0.1, -0.05) is 33.1 Å². The summed E-state index contributed by atoms with van der Waals surface area (Å²) in [5.41, 5.74) is 0. The predicted octanol–water partition coefficient (Wildman–Crippen LogP) is 2.75. The summed E-state index contributed by atoms with van der Waals surface area (Å²) in [4.78, 5) is 32.5. The smallest absolute Gasteiger partial charge is 0.245 e. The quantitative estimate of drug-likeness (QED) is 0.754. The molecule has 1 atom stereocenters. The van der Waals surface area contributed by atoms with Crippen molar-refractivity contribution in [2.24, 2.45) is 11.8 Å². The van der Waals surface area contributed by atoms with E-state index in [0.717, 1.165) is 70.9 Å². The maximum Gasteiger partial charge on any atom is 0.245 e. The van der Waals surface area contributed by atoms with Gasteiger partial charge in [0.25, 0.3) is 0 Å². The van der Waals surface area contributed by atoms with Crippen molar-refractivity contribution in [3.05, 3.63) is 0 Å². The molecule has 0 aromatic carbocycles. The molecule has 5 heteroatoms. The topological polar surface area (TPSA) is 43.9 Å². The first-order valence-electron chi connectivity index (χ1n) is 10.9. The van der Waals surface area contributed by atoms with E-state index in [2.05, 4.69) is 18.7 Å². The van der Waals surface area contributed by atoms with Crippen molar-refractivity contribution < 1.29 is 9.59 Å². The van der Waals surface area contributed by atoms with Crippen LogP contribution in [0.2, 0.25) is 0 Å². The van der Waals surface area contributed by atoms with Crippen molar-refractivity contribution in [3.8, 4) is 0 Å². The third-order valence-corrected chi connectivity index (χ3v) is 6.48. The fourth-order valence-electron chi connectivity index (χ4n) is 4.71. The summed E-state index contributed by atoms with van der Waals surface area (Å²) in [6.07, 6.45) is 8.68. The van der Waals surface area contributed by atoms with E-state index in [-0.39, 0.29) is 23.8 Å². The van der Waals surface area contributed by atoms with Crippen molar-refractivity contribution in [2.75, 3.05) is 39.3 Å². The van der Waals surface area contributed by atoms with E-state index < -0.39 is 0 Å². The van der Waals surface area contributed by atoms with Crippen LogP contribution in [0.5, 0.6) is 0 Å². The van der Waals surface area contributed by atoms with Crippen molar-refractivity contribution in [3.63, 3.8) is 0 Å². The molecule has 3 fully saturated rings. The summed E-state index contributed by atoms with van der Waals surface area (Å²) in [7, 11) is 0. The molecule has 0 N–H and O–H groups in total. The number of hydrogen-bond donors (Lipinski definition) is 0.